The van der Waals surface area contributed by atoms with Crippen molar-refractivity contribution >= 4 is 34.8 Å². The number of carboxylic acid groups (broad SMARTS) is 1. The van der Waals surface area contributed by atoms with E-state index in [2.05, 4.69) is 15.3 Å². The molecule has 0 bridgehead atoms. The fraction of sp³-hybridized carbons (Fsp3) is 0.0690. The van der Waals surface area contributed by atoms with Crippen LogP contribution in [0.5, 0.6) is 11.5 Å². The summed E-state index contributed by atoms with van der Waals surface area (Å²) >= 11 is 0. The summed E-state index contributed by atoms with van der Waals surface area (Å²) in [5, 5.41) is 23.9. The van der Waals surface area contributed by atoms with Crippen molar-refractivity contribution in [2.45, 2.75) is 13.8 Å². The van der Waals surface area contributed by atoms with E-state index >= 15 is 0 Å². The van der Waals surface area contributed by atoms with Crippen molar-refractivity contribution in [2.24, 2.45) is 5.10 Å². The summed E-state index contributed by atoms with van der Waals surface area (Å²) in [5.41, 5.74) is 5.35. The van der Waals surface area contributed by atoms with E-state index in [0.717, 1.165) is 22.1 Å². The van der Waals surface area contributed by atoms with Gasteiger partial charge in [-0.05, 0) is 66.9 Å². The van der Waals surface area contributed by atoms with Crippen LogP contribution in [-0.2, 0) is 4.79 Å². The smallest absolute Gasteiger partial charge is 0.505 e. The summed E-state index contributed by atoms with van der Waals surface area (Å²) in [7, 11) is 0. The van der Waals surface area contributed by atoms with Gasteiger partial charge < -0.3 is 14.9 Å². The Morgan fingerprint density at radius 3 is 2.46 bits per heavy atom. The molecule has 0 fully saturated rings. The number of para-hydroxylation sites is 1. The number of nitrogens with zero attached hydrogens (tertiary/aromatic N) is 2. The number of amides is 1. The normalized spacial score (nSPS) is 13.5. The average molecular weight is 529 g/mol. The maximum atomic E-state index is 15.0. The molecule has 3 N–H and O–H groups in total. The third-order valence-electron chi connectivity index (χ3n) is 6.34. The Kier molecular flexibility index (Phi) is 6.45. The Hall–Kier alpha value is -5.25. The Morgan fingerprint density at radius 1 is 0.949 bits per heavy atom. The second kappa shape index (κ2) is 9.90. The van der Waals surface area contributed by atoms with Crippen LogP contribution in [0.3, 0.4) is 0 Å². The lowest BCUT2D eigenvalue weighted by Crippen LogP contribution is -2.26. The first-order valence-electron chi connectivity index (χ1n) is 11.7. The predicted octanol–water partition coefficient (Wildman–Crippen LogP) is 6.51. The molecule has 0 aliphatic carbocycles. The average Bonchev–Trinajstić information content (AvgIpc) is 3.16. The number of rotatable bonds is 5. The minimum Gasteiger partial charge on any atom is -0.505 e. The number of hydrazone groups is 1. The Labute approximate surface area is 221 Å². The number of aromatic hydroxyl groups is 1. The number of carbonyl (C=O) groups is 2. The number of hydrogen-bond donors (Lipinski definition) is 3. The zero-order valence-electron chi connectivity index (χ0n) is 20.7. The SMILES string of the molecule is Cc1ccc(N2C(=O)C(=NNc3cccc(-c4cccc(OC(=O)O)c4)c3O)c3cc(F)cc(F)c32)cc1C. The molecule has 8 nitrogen and oxygen atoms in total. The molecule has 0 unspecified atom stereocenters. The van der Waals surface area contributed by atoms with Crippen LogP contribution in [0.2, 0.25) is 0 Å². The van der Waals surface area contributed by atoms with Crippen LogP contribution in [-0.4, -0.2) is 28.0 Å². The Bertz CT molecular complexity index is 1690. The first-order valence-corrected chi connectivity index (χ1v) is 11.7. The van der Waals surface area contributed by atoms with Crippen molar-refractivity contribution in [3.05, 3.63) is 101 Å². The van der Waals surface area contributed by atoms with Crippen LogP contribution < -0.4 is 15.1 Å². The maximum absolute atomic E-state index is 15.0. The molecule has 39 heavy (non-hydrogen) atoms. The standard InChI is InChI=1S/C29H21F2N3O5/c1-15-9-10-19(11-16(15)2)34-26-22(13-18(30)14-23(26)31)25(28(34)36)33-32-24-8-4-7-21(27(24)35)17-5-3-6-20(12-17)39-29(37)38/h3-14,32,35H,1-2H3,(H,37,38). The molecule has 5 rings (SSSR count). The van der Waals surface area contributed by atoms with Crippen LogP contribution in [0, 0.1) is 25.5 Å². The first-order chi connectivity index (χ1) is 18.6. The minimum absolute atomic E-state index is 0.0441. The number of carbonyl (C=O) groups excluding carboxylic acids is 1. The number of phenols is 1. The third-order valence-corrected chi connectivity index (χ3v) is 6.34. The number of phenolic OH excluding ortho intramolecular Hbond substituents is 1. The van der Waals surface area contributed by atoms with Crippen molar-refractivity contribution in [1.82, 2.24) is 0 Å². The van der Waals surface area contributed by atoms with Gasteiger partial charge in [-0.15, -0.1) is 0 Å². The van der Waals surface area contributed by atoms with Crippen molar-refractivity contribution in [2.75, 3.05) is 10.3 Å². The van der Waals surface area contributed by atoms with Gasteiger partial charge in [0.2, 0.25) is 0 Å². The van der Waals surface area contributed by atoms with Crippen LogP contribution in [0.25, 0.3) is 11.1 Å². The van der Waals surface area contributed by atoms with Crippen LogP contribution in [0.15, 0.2) is 77.9 Å². The van der Waals surface area contributed by atoms with Gasteiger partial charge in [-0.25, -0.2) is 13.6 Å². The molecule has 1 amide bonds. The number of nitrogens with one attached hydrogen (secondary N) is 1. The zero-order chi connectivity index (χ0) is 27.8. The molecule has 10 heteroatoms. The number of fused-ring (bicyclic) bond motifs is 1. The lowest BCUT2D eigenvalue weighted by Gasteiger charge is -2.18. The molecule has 196 valence electrons. The van der Waals surface area contributed by atoms with E-state index in [1.165, 1.54) is 18.2 Å². The minimum atomic E-state index is -1.48. The molecule has 0 aromatic heterocycles. The summed E-state index contributed by atoms with van der Waals surface area (Å²) < 4.78 is 33.9. The number of anilines is 3. The lowest BCUT2D eigenvalue weighted by atomic mass is 10.0. The summed E-state index contributed by atoms with van der Waals surface area (Å²) in [6, 6.07) is 17.7. The van der Waals surface area contributed by atoms with Gasteiger partial charge >= 0.3 is 6.16 Å². The summed E-state index contributed by atoms with van der Waals surface area (Å²) in [4.78, 5) is 25.5. The molecular formula is C29H21F2N3O5. The molecule has 1 heterocycles. The molecular weight excluding hydrogens is 508 g/mol. The lowest BCUT2D eigenvalue weighted by molar-refractivity contribution is -0.111. The van der Waals surface area contributed by atoms with Gasteiger partial charge in [0.1, 0.15) is 17.3 Å². The van der Waals surface area contributed by atoms with Crippen molar-refractivity contribution < 1.29 is 33.3 Å². The highest BCUT2D eigenvalue weighted by Crippen LogP contribution is 2.40. The van der Waals surface area contributed by atoms with Gasteiger partial charge in [0.05, 0.1) is 11.4 Å². The largest absolute Gasteiger partial charge is 0.511 e. The molecule has 1 aliphatic rings. The summed E-state index contributed by atoms with van der Waals surface area (Å²) in [6.07, 6.45) is -1.48. The highest BCUT2D eigenvalue weighted by molar-refractivity contribution is 6.55. The molecule has 1 aliphatic heterocycles. The number of aryl methyl sites for hydroxylation is 2. The molecule has 4 aromatic rings. The summed E-state index contributed by atoms with van der Waals surface area (Å²) in [5.74, 6) is -2.67. The highest BCUT2D eigenvalue weighted by atomic mass is 19.1. The zero-order valence-corrected chi connectivity index (χ0v) is 20.7. The van der Waals surface area contributed by atoms with Gasteiger partial charge in [-0.2, -0.15) is 5.10 Å². The van der Waals surface area contributed by atoms with Gasteiger partial charge in [0, 0.05) is 22.9 Å². The van der Waals surface area contributed by atoms with Crippen molar-refractivity contribution in [1.29, 1.82) is 0 Å². The van der Waals surface area contributed by atoms with E-state index in [1.54, 1.807) is 42.5 Å². The van der Waals surface area contributed by atoms with E-state index < -0.39 is 23.7 Å². The van der Waals surface area contributed by atoms with Gasteiger partial charge in [-0.1, -0.05) is 30.3 Å². The number of halogens is 2. The monoisotopic (exact) mass is 529 g/mol. The quantitative estimate of drug-likeness (QED) is 0.118. The Morgan fingerprint density at radius 2 is 1.72 bits per heavy atom. The first kappa shape index (κ1) is 25.4. The Balaban J connectivity index is 1.54. The molecule has 4 aromatic carbocycles. The van der Waals surface area contributed by atoms with Crippen LogP contribution in [0.4, 0.5) is 30.6 Å². The van der Waals surface area contributed by atoms with E-state index in [-0.39, 0.29) is 34.1 Å². The fourth-order valence-electron chi connectivity index (χ4n) is 4.33. The predicted molar refractivity (Wildman–Crippen MR) is 142 cm³/mol. The second-order valence-corrected chi connectivity index (χ2v) is 8.86. The number of hydrogen-bond acceptors (Lipinski definition) is 6. The number of benzene rings is 4. The van der Waals surface area contributed by atoms with Crippen molar-refractivity contribution in [3.63, 3.8) is 0 Å². The van der Waals surface area contributed by atoms with Crippen LogP contribution in [0.1, 0.15) is 16.7 Å². The van der Waals surface area contributed by atoms with Crippen LogP contribution >= 0.6 is 0 Å². The van der Waals surface area contributed by atoms with Gasteiger partial charge in [0.25, 0.3) is 5.91 Å². The second-order valence-electron chi connectivity index (χ2n) is 8.86. The van der Waals surface area contributed by atoms with E-state index in [1.807, 2.05) is 13.8 Å². The molecule has 0 radical (unpaired) electrons. The fourth-order valence-corrected chi connectivity index (χ4v) is 4.33. The van der Waals surface area contributed by atoms with Gasteiger partial charge in [0.15, 0.2) is 11.5 Å². The molecule has 0 atom stereocenters. The number of ether oxygens (including phenoxy) is 1. The maximum Gasteiger partial charge on any atom is 0.511 e. The molecule has 0 saturated carbocycles. The third kappa shape index (κ3) is 4.75. The molecule has 0 saturated heterocycles. The topological polar surface area (TPSA) is 111 Å². The molecule has 0 spiro atoms. The van der Waals surface area contributed by atoms with E-state index in [4.69, 9.17) is 5.11 Å². The van der Waals surface area contributed by atoms with Gasteiger partial charge in [-0.3, -0.25) is 15.1 Å². The van der Waals surface area contributed by atoms with Crippen molar-refractivity contribution in [3.8, 4) is 22.6 Å². The highest BCUT2D eigenvalue weighted by Gasteiger charge is 2.38. The summed E-state index contributed by atoms with van der Waals surface area (Å²) in [6.45, 7) is 3.76. The van der Waals surface area contributed by atoms with E-state index in [0.29, 0.717) is 22.9 Å². The van der Waals surface area contributed by atoms with E-state index in [9.17, 15) is 23.5 Å².